The number of benzene rings is 2. The molecule has 1 aliphatic rings. The van der Waals surface area contributed by atoms with Crippen molar-refractivity contribution in [3.8, 4) is 5.75 Å². The first-order valence-electron chi connectivity index (χ1n) is 9.98. The monoisotopic (exact) mass is 391 g/mol. The zero-order valence-electron chi connectivity index (χ0n) is 16.3. The smallest absolute Gasteiger partial charge is 0.307 e. The van der Waals surface area contributed by atoms with E-state index in [1.807, 2.05) is 24.3 Å². The van der Waals surface area contributed by atoms with Crippen LogP contribution in [-0.4, -0.2) is 17.6 Å². The summed E-state index contributed by atoms with van der Waals surface area (Å²) in [5.41, 5.74) is 10.9. The van der Waals surface area contributed by atoms with Crippen LogP contribution < -0.4 is 10.5 Å². The van der Waals surface area contributed by atoms with E-state index in [4.69, 9.17) is 20.0 Å². The Labute approximate surface area is 169 Å². The number of ether oxygens (including phenoxy) is 1. The first-order chi connectivity index (χ1) is 14.1. The van der Waals surface area contributed by atoms with Crippen molar-refractivity contribution >= 4 is 22.5 Å². The van der Waals surface area contributed by atoms with Crippen LogP contribution in [0, 0.1) is 5.92 Å². The highest BCUT2D eigenvalue weighted by Gasteiger charge is 2.18. The second kappa shape index (κ2) is 8.53. The van der Waals surface area contributed by atoms with Gasteiger partial charge < -0.3 is 20.0 Å². The number of para-hydroxylation sites is 1. The summed E-state index contributed by atoms with van der Waals surface area (Å²) in [5, 5.41) is 10.2. The molecule has 5 heteroatoms. The number of furan rings is 1. The number of carboxylic acids is 1. The van der Waals surface area contributed by atoms with Crippen LogP contribution in [0.5, 0.6) is 5.75 Å². The second-order valence-corrected chi connectivity index (χ2v) is 7.53. The lowest BCUT2D eigenvalue weighted by molar-refractivity contribution is -0.136. The summed E-state index contributed by atoms with van der Waals surface area (Å²) in [7, 11) is 0. The van der Waals surface area contributed by atoms with Crippen molar-refractivity contribution < 1.29 is 19.1 Å². The van der Waals surface area contributed by atoms with Gasteiger partial charge in [-0.2, -0.15) is 0 Å². The summed E-state index contributed by atoms with van der Waals surface area (Å²) in [6.45, 7) is 1.02. The average Bonchev–Trinajstić information content (AvgIpc) is 3.21. The summed E-state index contributed by atoms with van der Waals surface area (Å²) in [4.78, 5) is 11.1. The van der Waals surface area contributed by atoms with Crippen LogP contribution in [-0.2, 0) is 17.8 Å². The molecule has 4 rings (SSSR count). The van der Waals surface area contributed by atoms with Crippen molar-refractivity contribution in [2.24, 2.45) is 11.7 Å². The molecule has 3 N–H and O–H groups in total. The van der Waals surface area contributed by atoms with Crippen LogP contribution in [0.2, 0.25) is 0 Å². The summed E-state index contributed by atoms with van der Waals surface area (Å²) >= 11 is 0. The van der Waals surface area contributed by atoms with E-state index in [-0.39, 0.29) is 6.42 Å². The Hall–Kier alpha value is -3.05. The van der Waals surface area contributed by atoms with E-state index in [9.17, 15) is 4.79 Å². The highest BCUT2D eigenvalue weighted by atomic mass is 16.5. The van der Waals surface area contributed by atoms with E-state index >= 15 is 0 Å². The third-order valence-corrected chi connectivity index (χ3v) is 5.43. The van der Waals surface area contributed by atoms with Gasteiger partial charge in [-0.1, -0.05) is 24.3 Å². The second-order valence-electron chi connectivity index (χ2n) is 7.53. The van der Waals surface area contributed by atoms with E-state index in [0.29, 0.717) is 30.4 Å². The molecule has 29 heavy (non-hydrogen) atoms. The van der Waals surface area contributed by atoms with Gasteiger partial charge >= 0.3 is 5.97 Å². The number of rotatable bonds is 7. The van der Waals surface area contributed by atoms with Gasteiger partial charge in [0.2, 0.25) is 0 Å². The predicted molar refractivity (Wildman–Crippen MR) is 113 cm³/mol. The van der Waals surface area contributed by atoms with Crippen molar-refractivity contribution in [2.45, 2.75) is 32.3 Å². The standard InChI is InChI=1S/C24H25NO4/c25-14-16-4-3-6-18(10-16)21-12-17(11-20-8-9-28-24(20)21)15-29-22-7-2-1-5-19(22)13-23(26)27/h1-2,5,7-12,16H,3-4,6,13-15,25H2,(H,26,27). The number of carbonyl (C=O) groups is 1. The third-order valence-electron chi connectivity index (χ3n) is 5.43. The fourth-order valence-electron chi connectivity index (χ4n) is 4.00. The first-order valence-corrected chi connectivity index (χ1v) is 9.98. The molecule has 1 heterocycles. The van der Waals surface area contributed by atoms with Gasteiger partial charge in [0.25, 0.3) is 0 Å². The van der Waals surface area contributed by atoms with Crippen LogP contribution in [0.15, 0.2) is 59.2 Å². The van der Waals surface area contributed by atoms with Crippen molar-refractivity contribution in [1.29, 1.82) is 0 Å². The number of hydrogen-bond donors (Lipinski definition) is 2. The molecule has 0 saturated heterocycles. The van der Waals surface area contributed by atoms with E-state index in [2.05, 4.69) is 18.2 Å². The van der Waals surface area contributed by atoms with Gasteiger partial charge in [0, 0.05) is 16.5 Å². The van der Waals surface area contributed by atoms with E-state index in [1.165, 1.54) is 5.57 Å². The lowest BCUT2D eigenvalue weighted by atomic mass is 9.86. The van der Waals surface area contributed by atoms with Gasteiger partial charge in [-0.25, -0.2) is 0 Å². The lowest BCUT2D eigenvalue weighted by Crippen LogP contribution is -2.15. The summed E-state index contributed by atoms with van der Waals surface area (Å²) in [6, 6.07) is 13.4. The minimum atomic E-state index is -0.873. The first kappa shape index (κ1) is 19.3. The predicted octanol–water partition coefficient (Wildman–Crippen LogP) is 4.78. The van der Waals surface area contributed by atoms with Crippen LogP contribution in [0.1, 0.15) is 36.0 Å². The van der Waals surface area contributed by atoms with Gasteiger partial charge in [-0.05, 0) is 67.1 Å². The summed E-state index contributed by atoms with van der Waals surface area (Å²) < 4.78 is 11.8. The highest BCUT2D eigenvalue weighted by molar-refractivity contribution is 5.90. The highest BCUT2D eigenvalue weighted by Crippen LogP contribution is 2.35. The largest absolute Gasteiger partial charge is 0.489 e. The fourth-order valence-corrected chi connectivity index (χ4v) is 4.00. The van der Waals surface area contributed by atoms with Gasteiger partial charge in [-0.3, -0.25) is 4.79 Å². The lowest BCUT2D eigenvalue weighted by Gasteiger charge is -2.20. The molecular weight excluding hydrogens is 366 g/mol. The van der Waals surface area contributed by atoms with E-state index in [1.54, 1.807) is 12.3 Å². The van der Waals surface area contributed by atoms with Gasteiger partial charge in [-0.15, -0.1) is 0 Å². The Bertz CT molecular complexity index is 1050. The Morgan fingerprint density at radius 3 is 2.93 bits per heavy atom. The van der Waals surface area contributed by atoms with Crippen LogP contribution in [0.25, 0.3) is 16.5 Å². The molecule has 0 aliphatic heterocycles. The summed E-state index contributed by atoms with van der Waals surface area (Å²) in [6.07, 6.45) is 7.20. The molecule has 2 aromatic carbocycles. The number of aliphatic carboxylic acids is 1. The number of nitrogens with two attached hydrogens (primary N) is 1. The molecule has 0 amide bonds. The molecule has 0 radical (unpaired) electrons. The van der Waals surface area contributed by atoms with Gasteiger partial charge in [0.15, 0.2) is 0 Å². The molecule has 1 atom stereocenters. The SMILES string of the molecule is NCC1C=C(c2cc(COc3ccccc3CC(=O)O)cc3ccoc23)CCC1. The topological polar surface area (TPSA) is 85.7 Å². The van der Waals surface area contributed by atoms with Crippen LogP contribution in [0.4, 0.5) is 0 Å². The van der Waals surface area contributed by atoms with Crippen LogP contribution >= 0.6 is 0 Å². The van der Waals surface area contributed by atoms with Crippen molar-refractivity contribution in [3.05, 3.63) is 71.5 Å². The minimum absolute atomic E-state index is 0.0600. The molecular formula is C24H25NO4. The summed E-state index contributed by atoms with van der Waals surface area (Å²) in [5.74, 6) is 0.136. The average molecular weight is 391 g/mol. The molecule has 0 saturated carbocycles. The Balaban J connectivity index is 1.63. The van der Waals surface area contributed by atoms with Gasteiger partial charge in [0.1, 0.15) is 17.9 Å². The maximum atomic E-state index is 11.1. The number of fused-ring (bicyclic) bond motifs is 1. The molecule has 0 spiro atoms. The molecule has 1 aliphatic carbocycles. The number of hydrogen-bond acceptors (Lipinski definition) is 4. The Morgan fingerprint density at radius 2 is 2.10 bits per heavy atom. The molecule has 5 nitrogen and oxygen atoms in total. The maximum Gasteiger partial charge on any atom is 0.307 e. The fraction of sp³-hybridized carbons (Fsp3) is 0.292. The van der Waals surface area contributed by atoms with Crippen LogP contribution in [0.3, 0.4) is 0 Å². The molecule has 3 aromatic rings. The maximum absolute atomic E-state index is 11.1. The number of carboxylic acid groups (broad SMARTS) is 1. The van der Waals surface area contributed by atoms with Crippen molar-refractivity contribution in [3.63, 3.8) is 0 Å². The van der Waals surface area contributed by atoms with E-state index in [0.717, 1.165) is 41.4 Å². The number of allylic oxidation sites excluding steroid dienone is 1. The van der Waals surface area contributed by atoms with Crippen molar-refractivity contribution in [1.82, 2.24) is 0 Å². The van der Waals surface area contributed by atoms with Crippen molar-refractivity contribution in [2.75, 3.05) is 6.54 Å². The third kappa shape index (κ3) is 4.35. The van der Waals surface area contributed by atoms with E-state index < -0.39 is 5.97 Å². The molecule has 1 aromatic heterocycles. The molecule has 150 valence electrons. The minimum Gasteiger partial charge on any atom is -0.489 e. The Kier molecular flexibility index (Phi) is 5.67. The molecule has 0 bridgehead atoms. The normalized spacial score (nSPS) is 16.6. The zero-order chi connectivity index (χ0) is 20.2. The van der Waals surface area contributed by atoms with Gasteiger partial charge in [0.05, 0.1) is 12.7 Å². The Morgan fingerprint density at radius 1 is 1.24 bits per heavy atom. The zero-order valence-corrected chi connectivity index (χ0v) is 16.3. The quantitative estimate of drug-likeness (QED) is 0.605. The molecule has 0 fully saturated rings. The molecule has 1 unspecified atom stereocenters.